The molecule has 0 aromatic heterocycles. The highest BCUT2D eigenvalue weighted by Crippen LogP contribution is 2.41. The van der Waals surface area contributed by atoms with E-state index in [-0.39, 0.29) is 5.41 Å². The first-order valence-corrected chi connectivity index (χ1v) is 8.14. The SMILES string of the molecule is CCOCC1(CC)CCC(OS(=O)(=O)C(F)(F)F)CC1. The molecule has 1 rings (SSSR count). The van der Waals surface area contributed by atoms with Gasteiger partial charge in [0.05, 0.1) is 12.7 Å². The Labute approximate surface area is 117 Å². The minimum atomic E-state index is -5.49. The number of hydrogen-bond donors (Lipinski definition) is 0. The summed E-state index contributed by atoms with van der Waals surface area (Å²) in [6, 6.07) is 0. The van der Waals surface area contributed by atoms with Crippen LogP contribution in [0.25, 0.3) is 0 Å². The molecule has 0 spiro atoms. The molecule has 4 nitrogen and oxygen atoms in total. The quantitative estimate of drug-likeness (QED) is 0.557. The smallest absolute Gasteiger partial charge is 0.381 e. The summed E-state index contributed by atoms with van der Waals surface area (Å²) < 4.78 is 68.3. The molecule has 1 saturated carbocycles. The van der Waals surface area contributed by atoms with Gasteiger partial charge in [-0.2, -0.15) is 21.6 Å². The van der Waals surface area contributed by atoms with Crippen molar-refractivity contribution in [1.29, 1.82) is 0 Å². The summed E-state index contributed by atoms with van der Waals surface area (Å²) in [5, 5.41) is 0. The Morgan fingerprint density at radius 1 is 1.20 bits per heavy atom. The standard InChI is InChI=1S/C12H21F3O4S/c1-3-11(9-18-4-2)7-5-10(6-8-11)19-20(16,17)12(13,14)15/h10H,3-9H2,1-2H3. The molecular weight excluding hydrogens is 297 g/mol. The van der Waals surface area contributed by atoms with E-state index < -0.39 is 21.7 Å². The first-order chi connectivity index (χ1) is 9.16. The fraction of sp³-hybridized carbons (Fsp3) is 1.00. The van der Waals surface area contributed by atoms with Crippen molar-refractivity contribution in [3.05, 3.63) is 0 Å². The summed E-state index contributed by atoms with van der Waals surface area (Å²) in [4.78, 5) is 0. The summed E-state index contributed by atoms with van der Waals surface area (Å²) in [5.74, 6) is 0. The van der Waals surface area contributed by atoms with Crippen LogP contribution in [0.4, 0.5) is 13.2 Å². The van der Waals surface area contributed by atoms with Crippen LogP contribution in [0, 0.1) is 5.41 Å². The molecule has 0 heterocycles. The highest BCUT2D eigenvalue weighted by atomic mass is 32.2. The van der Waals surface area contributed by atoms with E-state index in [1.165, 1.54) is 0 Å². The zero-order valence-electron chi connectivity index (χ0n) is 11.7. The molecule has 0 saturated heterocycles. The predicted molar refractivity (Wildman–Crippen MR) is 67.5 cm³/mol. The van der Waals surface area contributed by atoms with E-state index in [4.69, 9.17) is 4.74 Å². The van der Waals surface area contributed by atoms with Crippen molar-refractivity contribution in [2.45, 2.75) is 57.6 Å². The Bertz CT molecular complexity index is 397. The lowest BCUT2D eigenvalue weighted by molar-refractivity contribution is -0.0621. The molecule has 1 aliphatic carbocycles. The minimum absolute atomic E-state index is 0.0716. The molecule has 0 atom stereocenters. The van der Waals surface area contributed by atoms with Gasteiger partial charge in [0.25, 0.3) is 0 Å². The van der Waals surface area contributed by atoms with Crippen LogP contribution >= 0.6 is 0 Å². The molecule has 1 fully saturated rings. The van der Waals surface area contributed by atoms with Crippen molar-refractivity contribution < 1.29 is 30.5 Å². The van der Waals surface area contributed by atoms with E-state index in [1.807, 2.05) is 13.8 Å². The predicted octanol–water partition coefficient (Wildman–Crippen LogP) is 3.23. The first-order valence-electron chi connectivity index (χ1n) is 6.73. The maximum atomic E-state index is 12.2. The second-order valence-corrected chi connectivity index (χ2v) is 6.75. The third kappa shape index (κ3) is 4.33. The van der Waals surface area contributed by atoms with Crippen LogP contribution in [0.5, 0.6) is 0 Å². The summed E-state index contributed by atoms with van der Waals surface area (Å²) in [6.07, 6.45) is 1.80. The van der Waals surface area contributed by atoms with E-state index in [9.17, 15) is 21.6 Å². The minimum Gasteiger partial charge on any atom is -0.381 e. The van der Waals surface area contributed by atoms with Crippen molar-refractivity contribution in [2.24, 2.45) is 5.41 Å². The zero-order chi connectivity index (χ0) is 15.4. The van der Waals surface area contributed by atoms with Gasteiger partial charge in [-0.15, -0.1) is 0 Å². The van der Waals surface area contributed by atoms with Gasteiger partial charge in [0.1, 0.15) is 0 Å². The zero-order valence-corrected chi connectivity index (χ0v) is 12.5. The van der Waals surface area contributed by atoms with Gasteiger partial charge in [-0.1, -0.05) is 6.92 Å². The third-order valence-corrected chi connectivity index (χ3v) is 4.99. The molecule has 0 amide bonds. The number of alkyl halides is 3. The lowest BCUT2D eigenvalue weighted by Crippen LogP contribution is -2.37. The molecule has 0 unspecified atom stereocenters. The molecular formula is C12H21F3O4S. The van der Waals surface area contributed by atoms with Crippen LogP contribution in [-0.2, 0) is 19.0 Å². The highest BCUT2D eigenvalue weighted by Gasteiger charge is 2.49. The first kappa shape index (κ1) is 17.7. The van der Waals surface area contributed by atoms with Crippen molar-refractivity contribution in [3.63, 3.8) is 0 Å². The van der Waals surface area contributed by atoms with Crippen LogP contribution in [0.3, 0.4) is 0 Å². The monoisotopic (exact) mass is 318 g/mol. The van der Waals surface area contributed by atoms with E-state index >= 15 is 0 Å². The van der Waals surface area contributed by atoms with Crippen molar-refractivity contribution in [1.82, 2.24) is 0 Å². The van der Waals surface area contributed by atoms with Gasteiger partial charge < -0.3 is 4.74 Å². The Hall–Kier alpha value is -0.340. The molecule has 120 valence electrons. The Balaban J connectivity index is 2.58. The molecule has 0 radical (unpaired) electrons. The van der Waals surface area contributed by atoms with Gasteiger partial charge in [0.15, 0.2) is 0 Å². The molecule has 0 N–H and O–H groups in total. The third-order valence-electron chi connectivity index (χ3n) is 3.90. The molecule has 0 aromatic carbocycles. The molecule has 0 aromatic rings. The van der Waals surface area contributed by atoms with Crippen molar-refractivity contribution >= 4 is 10.1 Å². The normalized spacial score (nSPS) is 28.6. The summed E-state index contributed by atoms with van der Waals surface area (Å²) >= 11 is 0. The van der Waals surface area contributed by atoms with E-state index in [0.717, 1.165) is 6.42 Å². The number of halogens is 3. The number of ether oxygens (including phenoxy) is 1. The summed E-state index contributed by atoms with van der Waals surface area (Å²) in [7, 11) is -5.49. The van der Waals surface area contributed by atoms with Gasteiger partial charge in [-0.3, -0.25) is 4.18 Å². The Morgan fingerprint density at radius 2 is 1.75 bits per heavy atom. The second-order valence-electron chi connectivity index (χ2n) is 5.19. The molecule has 8 heteroatoms. The highest BCUT2D eigenvalue weighted by molar-refractivity contribution is 7.87. The summed E-state index contributed by atoms with van der Waals surface area (Å²) in [5.41, 5.74) is -5.42. The number of rotatable bonds is 6. The number of hydrogen-bond acceptors (Lipinski definition) is 4. The van der Waals surface area contributed by atoms with Crippen molar-refractivity contribution in [3.8, 4) is 0 Å². The van der Waals surface area contributed by atoms with Gasteiger partial charge >= 0.3 is 15.6 Å². The fourth-order valence-electron chi connectivity index (χ4n) is 2.45. The van der Waals surface area contributed by atoms with E-state index in [2.05, 4.69) is 4.18 Å². The van der Waals surface area contributed by atoms with Gasteiger partial charge in [0, 0.05) is 6.61 Å². The lowest BCUT2D eigenvalue weighted by Gasteiger charge is -2.39. The Kier molecular flexibility index (Phi) is 5.86. The van der Waals surface area contributed by atoms with E-state index in [1.54, 1.807) is 0 Å². The average molecular weight is 318 g/mol. The second kappa shape index (κ2) is 6.62. The van der Waals surface area contributed by atoms with Crippen LogP contribution in [-0.4, -0.2) is 33.2 Å². The molecule has 0 bridgehead atoms. The van der Waals surface area contributed by atoms with Gasteiger partial charge in [-0.25, -0.2) is 0 Å². The van der Waals surface area contributed by atoms with Gasteiger partial charge in [-0.05, 0) is 44.4 Å². The molecule has 0 aliphatic heterocycles. The largest absolute Gasteiger partial charge is 0.523 e. The maximum Gasteiger partial charge on any atom is 0.523 e. The lowest BCUT2D eigenvalue weighted by atomic mass is 9.72. The fourth-order valence-corrected chi connectivity index (χ4v) is 3.11. The molecule has 1 aliphatic rings. The average Bonchev–Trinajstić information content (AvgIpc) is 2.37. The maximum absolute atomic E-state index is 12.2. The topological polar surface area (TPSA) is 52.6 Å². The molecule has 20 heavy (non-hydrogen) atoms. The van der Waals surface area contributed by atoms with Crippen LogP contribution in [0.1, 0.15) is 46.0 Å². The van der Waals surface area contributed by atoms with E-state index in [0.29, 0.717) is 38.9 Å². The summed E-state index contributed by atoms with van der Waals surface area (Å²) in [6.45, 7) is 5.03. The van der Waals surface area contributed by atoms with Crippen LogP contribution < -0.4 is 0 Å². The van der Waals surface area contributed by atoms with Crippen LogP contribution in [0.2, 0.25) is 0 Å². The van der Waals surface area contributed by atoms with Crippen LogP contribution in [0.15, 0.2) is 0 Å². The van der Waals surface area contributed by atoms with Crippen molar-refractivity contribution in [2.75, 3.05) is 13.2 Å². The Morgan fingerprint density at radius 3 is 2.15 bits per heavy atom. The van der Waals surface area contributed by atoms with Gasteiger partial charge in [0.2, 0.25) is 0 Å².